The fraction of sp³-hybridized carbons (Fsp3) is 0.756. The molecule has 1 saturated heterocycles. The summed E-state index contributed by atoms with van der Waals surface area (Å²) < 4.78 is 19.3. The average Bonchev–Trinajstić information content (AvgIpc) is 3.69. The highest BCUT2D eigenvalue weighted by Gasteiger charge is 2.81. The van der Waals surface area contributed by atoms with Gasteiger partial charge in [-0.25, -0.2) is 23.5 Å². The van der Waals surface area contributed by atoms with Crippen molar-refractivity contribution < 1.29 is 14.3 Å². The van der Waals surface area contributed by atoms with Crippen LogP contribution in [0, 0.1) is 34.5 Å². The zero-order chi connectivity index (χ0) is 36.0. The van der Waals surface area contributed by atoms with E-state index in [-0.39, 0.29) is 57.4 Å². The molecule has 8 nitrogen and oxygen atoms in total. The number of hydrogen-bond acceptors (Lipinski definition) is 5. The molecule has 9 rings (SSSR count). The van der Waals surface area contributed by atoms with Gasteiger partial charge >= 0.3 is 11.4 Å². The number of epoxide rings is 1. The third-order valence-corrected chi connectivity index (χ3v) is 20.4. The Morgan fingerprint density at radius 1 is 0.980 bits per heavy atom. The van der Waals surface area contributed by atoms with E-state index in [2.05, 4.69) is 66.8 Å². The maximum absolute atomic E-state index is 15.1. The molecule has 1 aromatic heterocycles. The van der Waals surface area contributed by atoms with Crippen LogP contribution in [0.2, 0.25) is 18.1 Å². The van der Waals surface area contributed by atoms with Crippen LogP contribution in [0.25, 0.3) is 5.69 Å². The maximum atomic E-state index is 15.1. The lowest BCUT2D eigenvalue weighted by atomic mass is 9.40. The van der Waals surface area contributed by atoms with E-state index in [9.17, 15) is 5.11 Å². The van der Waals surface area contributed by atoms with Crippen molar-refractivity contribution >= 4 is 8.32 Å². The molecule has 2 spiro atoms. The molecule has 3 saturated carbocycles. The molecule has 4 aliphatic carbocycles. The second kappa shape index (κ2) is 10.7. The molecule has 4 heterocycles. The summed E-state index contributed by atoms with van der Waals surface area (Å²) in [6.45, 7) is 22.6. The minimum atomic E-state index is -2.17. The van der Waals surface area contributed by atoms with Gasteiger partial charge in [0.15, 0.2) is 8.32 Å². The van der Waals surface area contributed by atoms with E-state index in [0.29, 0.717) is 23.9 Å². The lowest BCUT2D eigenvalue weighted by Gasteiger charge is -2.70. The van der Waals surface area contributed by atoms with Crippen molar-refractivity contribution in [2.45, 2.75) is 160 Å². The molecule has 0 amide bonds. The fourth-order valence-corrected chi connectivity index (χ4v) is 13.8. The average molecular weight is 704 g/mol. The number of aliphatic hydroxyl groups is 1. The Kier molecular flexibility index (Phi) is 7.46. The van der Waals surface area contributed by atoms with Gasteiger partial charge in [0.25, 0.3) is 0 Å². The summed E-state index contributed by atoms with van der Waals surface area (Å²) in [6, 6.07) is 9.51. The molecule has 0 radical (unpaired) electrons. The molecule has 0 unspecified atom stereocenters. The number of benzene rings is 1. The maximum Gasteiger partial charge on any atom is 0.352 e. The van der Waals surface area contributed by atoms with Crippen LogP contribution in [0.1, 0.15) is 107 Å². The molecular formula is C41H61N3O5Si. The van der Waals surface area contributed by atoms with E-state index in [1.807, 2.05) is 53.5 Å². The molecule has 1 aromatic carbocycles. The standard InChI is InChI=1S/C41H61N3O5Si/c1-26(15-14-21-37(5,6)47)28-18-19-30-38(28,7)22-20-31-39(8)33-32(48-33)29(49-50(9,10)36(2,3)4)25-40(39)23-24-41(30,31)44-35(46)42(34(45)43(40)44)27-16-12-11-13-17-27/h11-13,16-17,23-24,26,28-33,47H,14-15,18-22,25H2,1-10H3/t26-,28-,29-,30-,31-,32+,33+,38-,39+,40-,41+/m1/s1. The summed E-state index contributed by atoms with van der Waals surface area (Å²) in [7, 11) is -2.17. The highest BCUT2D eigenvalue weighted by atomic mass is 28.4. The first-order valence-electron chi connectivity index (χ1n) is 19.5. The lowest BCUT2D eigenvalue weighted by Crippen LogP contribution is -2.78. The van der Waals surface area contributed by atoms with Gasteiger partial charge in [-0.1, -0.05) is 84.7 Å². The Morgan fingerprint density at radius 3 is 2.32 bits per heavy atom. The Bertz CT molecular complexity index is 1830. The van der Waals surface area contributed by atoms with E-state index in [4.69, 9.17) is 9.16 Å². The molecule has 2 bridgehead atoms. The minimum Gasteiger partial charge on any atom is -0.411 e. The number of nitrogens with zero attached hydrogens (tertiary/aromatic N) is 3. The van der Waals surface area contributed by atoms with Gasteiger partial charge in [-0.2, -0.15) is 0 Å². The largest absolute Gasteiger partial charge is 0.411 e. The molecule has 11 atom stereocenters. The Labute approximate surface area is 299 Å². The molecule has 50 heavy (non-hydrogen) atoms. The zero-order valence-corrected chi connectivity index (χ0v) is 33.2. The van der Waals surface area contributed by atoms with Gasteiger partial charge in [-0.15, -0.1) is 0 Å². The SMILES string of the molecule is C[C@H](CCCC(C)(C)O)[C@H]1CC[C@@H]2[C@]1(C)CC[C@H]1[C@]23C=C[C@]2(C[C@@H](O[Si](C)(C)C(C)(C)C)[C@@H]4O[C@@H]4[C@]12C)n1c(=O)n(-c2ccccc2)c(=O)n13. The van der Waals surface area contributed by atoms with Crippen molar-refractivity contribution in [1.29, 1.82) is 0 Å². The molecule has 2 aromatic rings. The van der Waals surface area contributed by atoms with E-state index in [1.165, 1.54) is 4.57 Å². The van der Waals surface area contributed by atoms with Gasteiger partial charge < -0.3 is 14.3 Å². The summed E-state index contributed by atoms with van der Waals surface area (Å²) >= 11 is 0. The van der Waals surface area contributed by atoms with Crippen molar-refractivity contribution in [3.05, 3.63) is 63.5 Å². The second-order valence-electron chi connectivity index (χ2n) is 19.9. The van der Waals surface area contributed by atoms with Crippen LogP contribution in [0.5, 0.6) is 0 Å². The molecule has 3 aliphatic heterocycles. The quantitative estimate of drug-likeness (QED) is 0.176. The predicted molar refractivity (Wildman–Crippen MR) is 199 cm³/mol. The minimum absolute atomic E-state index is 0.0112. The molecule has 1 N–H and O–H groups in total. The summed E-state index contributed by atoms with van der Waals surface area (Å²) in [4.78, 5) is 30.2. The van der Waals surface area contributed by atoms with Crippen molar-refractivity contribution in [3.8, 4) is 5.69 Å². The number of hydrogen-bond donors (Lipinski definition) is 1. The number of aromatic nitrogens is 3. The van der Waals surface area contributed by atoms with E-state index >= 15 is 9.59 Å². The van der Waals surface area contributed by atoms with Crippen LogP contribution in [0.15, 0.2) is 52.1 Å². The van der Waals surface area contributed by atoms with E-state index in [1.54, 1.807) is 0 Å². The Hall–Kier alpha value is -2.20. The summed E-state index contributed by atoms with van der Waals surface area (Å²) in [5.41, 5.74) is -2.20. The number of fused-ring (bicyclic) bond motifs is 2. The highest BCUT2D eigenvalue weighted by Crippen LogP contribution is 2.76. The van der Waals surface area contributed by atoms with Crippen LogP contribution < -0.4 is 11.4 Å². The van der Waals surface area contributed by atoms with E-state index in [0.717, 1.165) is 44.9 Å². The van der Waals surface area contributed by atoms with Gasteiger partial charge in [0, 0.05) is 11.8 Å². The highest BCUT2D eigenvalue weighted by molar-refractivity contribution is 6.74. The van der Waals surface area contributed by atoms with Crippen molar-refractivity contribution in [2.75, 3.05) is 0 Å². The van der Waals surface area contributed by atoms with Gasteiger partial charge in [0.1, 0.15) is 6.10 Å². The second-order valence-corrected chi connectivity index (χ2v) is 24.7. The van der Waals surface area contributed by atoms with Crippen LogP contribution in [-0.2, 0) is 20.2 Å². The zero-order valence-electron chi connectivity index (χ0n) is 32.2. The number of allylic oxidation sites excluding steroid dienone is 2. The Balaban J connectivity index is 1.29. The monoisotopic (exact) mass is 703 g/mol. The molecule has 4 fully saturated rings. The first-order valence-corrected chi connectivity index (χ1v) is 22.4. The normalized spacial score (nSPS) is 40.5. The fourth-order valence-electron chi connectivity index (χ4n) is 12.5. The first-order chi connectivity index (χ1) is 23.2. The van der Waals surface area contributed by atoms with Crippen molar-refractivity contribution in [1.82, 2.24) is 13.9 Å². The molecule has 274 valence electrons. The van der Waals surface area contributed by atoms with E-state index < -0.39 is 25.0 Å². The third-order valence-electron chi connectivity index (χ3n) is 15.9. The summed E-state index contributed by atoms with van der Waals surface area (Å²) in [5.74, 6) is 1.41. The smallest absolute Gasteiger partial charge is 0.352 e. The Morgan fingerprint density at radius 2 is 1.66 bits per heavy atom. The van der Waals surface area contributed by atoms with Crippen LogP contribution >= 0.6 is 0 Å². The summed E-state index contributed by atoms with van der Waals surface area (Å²) in [5, 5.41) is 10.5. The van der Waals surface area contributed by atoms with Gasteiger partial charge in [-0.3, -0.25) is 0 Å². The molecule has 9 heteroatoms. The molecular weight excluding hydrogens is 643 g/mol. The lowest BCUT2D eigenvalue weighted by molar-refractivity contribution is -0.194. The van der Waals surface area contributed by atoms with Crippen LogP contribution in [0.4, 0.5) is 0 Å². The van der Waals surface area contributed by atoms with Crippen molar-refractivity contribution in [3.63, 3.8) is 0 Å². The van der Waals surface area contributed by atoms with Gasteiger partial charge in [0.2, 0.25) is 0 Å². The predicted octanol–water partition coefficient (Wildman–Crippen LogP) is 7.36. The van der Waals surface area contributed by atoms with Gasteiger partial charge in [-0.05, 0) is 105 Å². The number of rotatable bonds is 8. The first kappa shape index (κ1) is 34.9. The van der Waals surface area contributed by atoms with Gasteiger partial charge in [0.05, 0.1) is 34.6 Å². The van der Waals surface area contributed by atoms with Crippen LogP contribution in [0.3, 0.4) is 0 Å². The summed E-state index contributed by atoms with van der Waals surface area (Å²) in [6.07, 6.45) is 12.4. The van der Waals surface area contributed by atoms with Crippen LogP contribution in [-0.4, -0.2) is 51.3 Å². The topological polar surface area (TPSA) is 90.9 Å². The number of para-hydroxylation sites is 1. The van der Waals surface area contributed by atoms with Crippen molar-refractivity contribution in [2.24, 2.45) is 34.5 Å². The molecule has 7 aliphatic rings. The third kappa shape index (κ3) is 4.38. The number of ether oxygens (including phenoxy) is 1.